The third-order valence-corrected chi connectivity index (χ3v) is 0.926. The van der Waals surface area contributed by atoms with Crippen molar-refractivity contribution in [3.63, 3.8) is 0 Å². The highest BCUT2D eigenvalue weighted by Crippen LogP contribution is 2.03. The van der Waals surface area contributed by atoms with Crippen molar-refractivity contribution in [2.45, 2.75) is 18.2 Å². The van der Waals surface area contributed by atoms with E-state index in [-0.39, 0.29) is 10.2 Å². The van der Waals surface area contributed by atoms with E-state index >= 15 is 0 Å². The molecule has 0 aliphatic heterocycles. The number of hydrogen-bond acceptors (Lipinski definition) is 0. The first-order valence-electron chi connectivity index (χ1n) is 2.09. The third-order valence-electron chi connectivity index (χ3n) is 0.309. The van der Waals surface area contributed by atoms with Crippen LogP contribution in [-0.4, -0.2) is 10.2 Å². The van der Waals surface area contributed by atoms with Gasteiger partial charge in [-0.3, -0.25) is 0 Å². The van der Waals surface area contributed by atoms with Crippen molar-refractivity contribution in [2.24, 2.45) is 0 Å². The molecule has 0 amide bonds. The molecule has 0 aromatic carbocycles. The molecule has 0 aromatic heterocycles. The summed E-state index contributed by atoms with van der Waals surface area (Å²) in [5.41, 5.74) is 0. The standard InChI is InChI=1S/C3H6Cl2.CH2Cl2/c1-2-3(4)5;2-1-3/h3H,2H2,1H3;1H2. The quantitative estimate of drug-likeness (QED) is 0.564. The van der Waals surface area contributed by atoms with Gasteiger partial charge in [0.2, 0.25) is 0 Å². The van der Waals surface area contributed by atoms with Gasteiger partial charge in [0.05, 0.1) is 5.34 Å². The first-order chi connectivity index (χ1) is 3.68. The summed E-state index contributed by atoms with van der Waals surface area (Å²) in [4.78, 5) is -0.171. The van der Waals surface area contributed by atoms with E-state index in [4.69, 9.17) is 46.4 Å². The largest absolute Gasteiger partial charge is 0.109 e. The number of rotatable bonds is 1. The predicted octanol–water partition coefficient (Wildman–Crippen LogP) is 3.62. The Morgan fingerprint density at radius 3 is 1.38 bits per heavy atom. The topological polar surface area (TPSA) is 0 Å². The minimum Gasteiger partial charge on any atom is -0.109 e. The average Bonchev–Trinajstić information content (AvgIpc) is 1.69. The van der Waals surface area contributed by atoms with Gasteiger partial charge in [0.1, 0.15) is 4.84 Å². The summed E-state index contributed by atoms with van der Waals surface area (Å²) in [7, 11) is 0. The van der Waals surface area contributed by atoms with Crippen LogP contribution in [0.5, 0.6) is 0 Å². The lowest BCUT2D eigenvalue weighted by molar-refractivity contribution is 1.04. The van der Waals surface area contributed by atoms with Crippen LogP contribution in [0.3, 0.4) is 0 Å². The predicted molar refractivity (Wildman–Crippen MR) is 42.4 cm³/mol. The Kier molecular flexibility index (Phi) is 16.4. The molecule has 0 heterocycles. The number of hydrogen-bond donors (Lipinski definition) is 0. The lowest BCUT2D eigenvalue weighted by Gasteiger charge is -1.84. The van der Waals surface area contributed by atoms with E-state index < -0.39 is 0 Å². The van der Waals surface area contributed by atoms with E-state index in [1.165, 1.54) is 0 Å². The van der Waals surface area contributed by atoms with E-state index in [2.05, 4.69) is 0 Å². The maximum Gasteiger partial charge on any atom is 0.107 e. The molecule has 0 aliphatic rings. The Morgan fingerprint density at radius 1 is 1.25 bits per heavy atom. The van der Waals surface area contributed by atoms with E-state index in [0.29, 0.717) is 0 Å². The summed E-state index contributed by atoms with van der Waals surface area (Å²) in [5, 5.41) is 0.194. The van der Waals surface area contributed by atoms with Crippen LogP contribution in [0.1, 0.15) is 13.3 Å². The lowest BCUT2D eigenvalue weighted by atomic mass is 10.6. The minimum atomic E-state index is -0.171. The smallest absolute Gasteiger partial charge is 0.107 e. The van der Waals surface area contributed by atoms with Crippen molar-refractivity contribution in [1.82, 2.24) is 0 Å². The molecule has 0 fully saturated rings. The Bertz CT molecular complexity index is 29.2. The molecular weight excluding hydrogens is 190 g/mol. The molecule has 0 spiro atoms. The summed E-state index contributed by atoms with van der Waals surface area (Å²) >= 11 is 20.0. The molecule has 0 N–H and O–H groups in total. The molecule has 4 heteroatoms. The molecule has 8 heavy (non-hydrogen) atoms. The van der Waals surface area contributed by atoms with Gasteiger partial charge < -0.3 is 0 Å². The Hall–Kier alpha value is 1.16. The molecule has 52 valence electrons. The van der Waals surface area contributed by atoms with Gasteiger partial charge in [0.15, 0.2) is 0 Å². The van der Waals surface area contributed by atoms with Crippen molar-refractivity contribution in [2.75, 3.05) is 5.34 Å². The van der Waals surface area contributed by atoms with Gasteiger partial charge in [0.25, 0.3) is 0 Å². The fraction of sp³-hybridized carbons (Fsp3) is 1.00. The Morgan fingerprint density at radius 2 is 1.38 bits per heavy atom. The Balaban J connectivity index is 0. The van der Waals surface area contributed by atoms with E-state index in [9.17, 15) is 0 Å². The van der Waals surface area contributed by atoms with Crippen LogP contribution in [0.4, 0.5) is 0 Å². The van der Waals surface area contributed by atoms with E-state index in [1.807, 2.05) is 6.92 Å². The fourth-order valence-electron chi connectivity index (χ4n) is 0. The highest BCUT2D eigenvalue weighted by Gasteiger charge is 1.86. The number of alkyl halides is 4. The second-order valence-electron chi connectivity index (χ2n) is 0.900. The SMILES string of the molecule is CCC(Cl)Cl.ClCCl. The molecule has 0 saturated heterocycles. The van der Waals surface area contributed by atoms with Crippen LogP contribution < -0.4 is 0 Å². The van der Waals surface area contributed by atoms with E-state index in [0.717, 1.165) is 6.42 Å². The number of halogens is 4. The first-order valence-corrected chi connectivity index (χ1v) is 4.03. The molecule has 0 unspecified atom stereocenters. The molecular formula is C4H8Cl4. The lowest BCUT2D eigenvalue weighted by Crippen LogP contribution is -1.75. The first kappa shape index (κ1) is 11.9. The molecule has 0 aromatic rings. The van der Waals surface area contributed by atoms with Crippen LogP contribution in [0, 0.1) is 0 Å². The normalized spacial score (nSPS) is 8.25. The maximum atomic E-state index is 5.23. The summed E-state index contributed by atoms with van der Waals surface area (Å²) in [6, 6.07) is 0. The fourth-order valence-corrected chi connectivity index (χ4v) is 0. The van der Waals surface area contributed by atoms with Gasteiger partial charge in [-0.1, -0.05) is 6.92 Å². The van der Waals surface area contributed by atoms with Crippen LogP contribution in [0.15, 0.2) is 0 Å². The van der Waals surface area contributed by atoms with Crippen molar-refractivity contribution >= 4 is 46.4 Å². The highest BCUT2D eigenvalue weighted by atomic mass is 35.5. The monoisotopic (exact) mass is 196 g/mol. The van der Waals surface area contributed by atoms with Gasteiger partial charge in [-0.05, 0) is 6.42 Å². The molecule has 0 nitrogen and oxygen atoms in total. The van der Waals surface area contributed by atoms with Crippen LogP contribution >= 0.6 is 46.4 Å². The van der Waals surface area contributed by atoms with Gasteiger partial charge >= 0.3 is 0 Å². The molecule has 0 bridgehead atoms. The minimum absolute atomic E-state index is 0.171. The molecule has 0 aliphatic carbocycles. The van der Waals surface area contributed by atoms with E-state index in [1.54, 1.807) is 0 Å². The molecule has 0 saturated carbocycles. The molecule has 0 atom stereocenters. The summed E-state index contributed by atoms with van der Waals surface area (Å²) in [6.07, 6.45) is 0.836. The van der Waals surface area contributed by atoms with Crippen molar-refractivity contribution in [1.29, 1.82) is 0 Å². The second kappa shape index (κ2) is 11.0. The highest BCUT2D eigenvalue weighted by molar-refractivity contribution is 6.44. The molecule has 0 radical (unpaired) electrons. The summed E-state index contributed by atoms with van der Waals surface area (Å²) in [5.74, 6) is 0. The second-order valence-corrected chi connectivity index (χ2v) is 2.99. The summed E-state index contributed by atoms with van der Waals surface area (Å²) < 4.78 is 0. The molecule has 0 rings (SSSR count). The van der Waals surface area contributed by atoms with Crippen LogP contribution in [0.2, 0.25) is 0 Å². The summed E-state index contributed by atoms with van der Waals surface area (Å²) in [6.45, 7) is 1.94. The maximum absolute atomic E-state index is 5.23. The zero-order valence-corrected chi connectivity index (χ0v) is 7.53. The third kappa shape index (κ3) is 27.2. The van der Waals surface area contributed by atoms with Crippen molar-refractivity contribution < 1.29 is 0 Å². The van der Waals surface area contributed by atoms with Crippen LogP contribution in [-0.2, 0) is 0 Å². The zero-order chi connectivity index (χ0) is 6.99. The Labute approximate surface area is 70.1 Å². The zero-order valence-electron chi connectivity index (χ0n) is 4.50. The van der Waals surface area contributed by atoms with Crippen molar-refractivity contribution in [3.05, 3.63) is 0 Å². The van der Waals surface area contributed by atoms with Gasteiger partial charge in [-0.15, -0.1) is 46.4 Å². The van der Waals surface area contributed by atoms with Crippen LogP contribution in [0.25, 0.3) is 0 Å². The van der Waals surface area contributed by atoms with Gasteiger partial charge in [-0.25, -0.2) is 0 Å². The van der Waals surface area contributed by atoms with Gasteiger partial charge in [0, 0.05) is 0 Å². The average molecular weight is 198 g/mol. The van der Waals surface area contributed by atoms with Crippen molar-refractivity contribution in [3.8, 4) is 0 Å². The van der Waals surface area contributed by atoms with Gasteiger partial charge in [-0.2, -0.15) is 0 Å².